The van der Waals surface area contributed by atoms with E-state index in [9.17, 15) is 19.5 Å². The zero-order chi connectivity index (χ0) is 64.7. The minimum Gasteiger partial charge on any atom is -0.545 e. The molecular formula is C80H145NO8. The molecule has 2 unspecified atom stereocenters. The van der Waals surface area contributed by atoms with Gasteiger partial charge in [0.2, 0.25) is 0 Å². The number of nitrogens with zero attached hydrogens (tertiary/aromatic N) is 1. The van der Waals surface area contributed by atoms with E-state index in [1.165, 1.54) is 263 Å². The SMILES string of the molecule is CC/C=C\C/C=C\C/C=C\C/C=C\C/C=C\CCCCCCCCCCCCCCCCCCCCCCCCCC(=O)OC(COC(=O)CCCCCCCCCCCCCCC/C=C\CCCCCCCCCC)COC(OCC[N+](C)(C)C)C(=O)[O-]. The highest BCUT2D eigenvalue weighted by molar-refractivity contribution is 5.70. The van der Waals surface area contributed by atoms with Crippen molar-refractivity contribution in [2.75, 3.05) is 47.5 Å². The first-order valence-corrected chi connectivity index (χ1v) is 38.1. The van der Waals surface area contributed by atoms with Crippen LogP contribution in [0, 0.1) is 0 Å². The smallest absolute Gasteiger partial charge is 0.306 e. The summed E-state index contributed by atoms with van der Waals surface area (Å²) in [6.07, 6.45) is 91.5. The normalized spacial score (nSPS) is 13.0. The number of rotatable bonds is 71. The Hall–Kier alpha value is -3.27. The number of allylic oxidation sites excluding steroid dienone is 12. The van der Waals surface area contributed by atoms with Crippen LogP contribution >= 0.6 is 0 Å². The molecule has 0 amide bonds. The number of carbonyl (C=O) groups is 3. The van der Waals surface area contributed by atoms with E-state index in [1.807, 2.05) is 21.1 Å². The van der Waals surface area contributed by atoms with Crippen LogP contribution in [0.5, 0.6) is 0 Å². The average molecular weight is 1250 g/mol. The van der Waals surface area contributed by atoms with E-state index in [0.717, 1.165) is 64.2 Å². The van der Waals surface area contributed by atoms with Gasteiger partial charge in [0.05, 0.1) is 40.3 Å². The van der Waals surface area contributed by atoms with E-state index in [2.05, 4.69) is 86.8 Å². The van der Waals surface area contributed by atoms with E-state index >= 15 is 0 Å². The quantitative estimate of drug-likeness (QED) is 0.0195. The maximum atomic E-state index is 13.0. The van der Waals surface area contributed by atoms with Crippen LogP contribution in [0.25, 0.3) is 0 Å². The monoisotopic (exact) mass is 1250 g/mol. The molecule has 0 aliphatic heterocycles. The van der Waals surface area contributed by atoms with Crippen molar-refractivity contribution in [1.29, 1.82) is 0 Å². The summed E-state index contributed by atoms with van der Waals surface area (Å²) in [6.45, 7) is 4.69. The Labute approximate surface area is 551 Å². The molecule has 0 spiro atoms. The first-order chi connectivity index (χ1) is 43.6. The van der Waals surface area contributed by atoms with Crippen molar-refractivity contribution < 1.29 is 42.9 Å². The molecule has 0 aromatic heterocycles. The maximum absolute atomic E-state index is 13.0. The van der Waals surface area contributed by atoms with Gasteiger partial charge in [-0.2, -0.15) is 0 Å². The molecule has 0 aliphatic carbocycles. The topological polar surface area (TPSA) is 111 Å². The summed E-state index contributed by atoms with van der Waals surface area (Å²) in [5, 5.41) is 11.8. The molecule has 2 atom stereocenters. The van der Waals surface area contributed by atoms with Crippen LogP contribution in [-0.2, 0) is 33.3 Å². The maximum Gasteiger partial charge on any atom is 0.306 e. The summed E-state index contributed by atoms with van der Waals surface area (Å²) in [7, 11) is 5.94. The van der Waals surface area contributed by atoms with Crippen LogP contribution in [0.2, 0.25) is 0 Å². The van der Waals surface area contributed by atoms with Gasteiger partial charge in [-0.15, -0.1) is 0 Å². The van der Waals surface area contributed by atoms with Gasteiger partial charge in [0.1, 0.15) is 13.2 Å². The fraction of sp³-hybridized carbons (Fsp3) is 0.812. The first kappa shape index (κ1) is 85.7. The van der Waals surface area contributed by atoms with Gasteiger partial charge < -0.3 is 33.3 Å². The number of likely N-dealkylation sites (N-methyl/N-ethyl adjacent to an activating group) is 1. The van der Waals surface area contributed by atoms with E-state index < -0.39 is 24.3 Å². The molecule has 0 aliphatic rings. The number of esters is 2. The van der Waals surface area contributed by atoms with Gasteiger partial charge in [-0.1, -0.05) is 337 Å². The molecule has 0 aromatic carbocycles. The predicted octanol–water partition coefficient (Wildman–Crippen LogP) is 22.7. The van der Waals surface area contributed by atoms with Crippen molar-refractivity contribution in [3.05, 3.63) is 72.9 Å². The number of ether oxygens (including phenoxy) is 4. The molecule has 0 rings (SSSR count). The molecule has 89 heavy (non-hydrogen) atoms. The Morgan fingerprint density at radius 3 is 0.966 bits per heavy atom. The van der Waals surface area contributed by atoms with Gasteiger partial charge in [-0.05, 0) is 83.5 Å². The summed E-state index contributed by atoms with van der Waals surface area (Å²) in [6, 6.07) is 0. The van der Waals surface area contributed by atoms with Crippen molar-refractivity contribution >= 4 is 17.9 Å². The molecule has 0 heterocycles. The number of aliphatic carboxylic acids is 1. The fourth-order valence-corrected chi connectivity index (χ4v) is 11.2. The zero-order valence-corrected chi connectivity index (χ0v) is 59.3. The lowest BCUT2D eigenvalue weighted by molar-refractivity contribution is -0.870. The molecule has 9 nitrogen and oxygen atoms in total. The van der Waals surface area contributed by atoms with Crippen molar-refractivity contribution in [2.45, 2.75) is 373 Å². The third-order valence-electron chi connectivity index (χ3n) is 16.9. The van der Waals surface area contributed by atoms with Crippen molar-refractivity contribution in [1.82, 2.24) is 0 Å². The zero-order valence-electron chi connectivity index (χ0n) is 59.3. The third kappa shape index (κ3) is 72.0. The molecule has 9 heteroatoms. The molecule has 0 aromatic rings. The van der Waals surface area contributed by atoms with Gasteiger partial charge in [0, 0.05) is 12.8 Å². The standard InChI is InChI=1S/C80H145NO8/c1-6-8-10-12-14-16-18-20-22-24-26-28-30-32-33-34-35-36-37-38-39-40-41-42-43-44-45-47-49-51-53-55-57-59-61-63-65-67-69-71-78(83)89-76(75-88-80(79(84)85)86-73-72-81(3,4)5)74-87-77(82)70-68-66-64-62-60-58-56-54-52-50-48-46-31-29-27-25-23-21-19-17-15-13-11-9-7-2/h8,10,14,16,20,22,25-28,32-33,76,80H,6-7,9,11-13,15,17-19,21,23-24,29-31,34-75H2,1-5H3/b10-8-,16-14-,22-20-,27-25-,28-26-,33-32-. The average Bonchev–Trinajstić information content (AvgIpc) is 3.64. The van der Waals surface area contributed by atoms with Crippen molar-refractivity contribution in [3.63, 3.8) is 0 Å². The molecule has 518 valence electrons. The molecule has 0 bridgehead atoms. The van der Waals surface area contributed by atoms with Crippen LogP contribution in [0.3, 0.4) is 0 Å². The second kappa shape index (κ2) is 70.6. The van der Waals surface area contributed by atoms with Crippen LogP contribution in [0.4, 0.5) is 0 Å². The van der Waals surface area contributed by atoms with Crippen LogP contribution in [0.1, 0.15) is 361 Å². The van der Waals surface area contributed by atoms with Gasteiger partial charge in [0.25, 0.3) is 0 Å². The van der Waals surface area contributed by atoms with E-state index in [-0.39, 0.29) is 32.2 Å². The highest BCUT2D eigenvalue weighted by Crippen LogP contribution is 2.19. The molecule has 0 saturated heterocycles. The Kier molecular flexibility index (Phi) is 68.0. The lowest BCUT2D eigenvalue weighted by Crippen LogP contribution is -2.44. The number of hydrogen-bond acceptors (Lipinski definition) is 8. The van der Waals surface area contributed by atoms with Crippen LogP contribution in [0.15, 0.2) is 72.9 Å². The van der Waals surface area contributed by atoms with Crippen molar-refractivity contribution in [2.24, 2.45) is 0 Å². The largest absolute Gasteiger partial charge is 0.545 e. The number of carboxylic acids is 1. The summed E-state index contributed by atoms with van der Waals surface area (Å²) in [5.74, 6) is -2.26. The van der Waals surface area contributed by atoms with Crippen LogP contribution in [-0.4, -0.2) is 82.3 Å². The molecule has 0 saturated carbocycles. The Balaban J connectivity index is 3.99. The molecule has 0 N–H and O–H groups in total. The Morgan fingerprint density at radius 2 is 0.640 bits per heavy atom. The fourth-order valence-electron chi connectivity index (χ4n) is 11.2. The highest BCUT2D eigenvalue weighted by atomic mass is 16.7. The summed E-state index contributed by atoms with van der Waals surface area (Å²) in [5.41, 5.74) is 0. The van der Waals surface area contributed by atoms with Crippen molar-refractivity contribution in [3.8, 4) is 0 Å². The lowest BCUT2D eigenvalue weighted by atomic mass is 10.0. The molecule has 0 radical (unpaired) electrons. The van der Waals surface area contributed by atoms with Gasteiger partial charge in [0.15, 0.2) is 12.4 Å². The first-order valence-electron chi connectivity index (χ1n) is 38.1. The van der Waals surface area contributed by atoms with E-state index in [0.29, 0.717) is 23.9 Å². The lowest BCUT2D eigenvalue weighted by Gasteiger charge is -2.26. The Morgan fingerprint density at radius 1 is 0.348 bits per heavy atom. The van der Waals surface area contributed by atoms with Gasteiger partial charge in [-0.25, -0.2) is 0 Å². The summed E-state index contributed by atoms with van der Waals surface area (Å²) in [4.78, 5) is 37.5. The second-order valence-electron chi connectivity index (χ2n) is 26.9. The predicted molar refractivity (Wildman–Crippen MR) is 380 cm³/mol. The minimum atomic E-state index is -1.62. The Bertz CT molecular complexity index is 1690. The number of carboxylic acid groups (broad SMARTS) is 1. The second-order valence-corrected chi connectivity index (χ2v) is 26.9. The van der Waals surface area contributed by atoms with E-state index in [1.54, 1.807) is 0 Å². The minimum absolute atomic E-state index is 0.149. The molecule has 0 fully saturated rings. The number of hydrogen-bond donors (Lipinski definition) is 0. The van der Waals surface area contributed by atoms with Gasteiger partial charge >= 0.3 is 11.9 Å². The number of carbonyl (C=O) groups excluding carboxylic acids is 3. The van der Waals surface area contributed by atoms with Crippen LogP contribution < -0.4 is 5.11 Å². The number of unbranched alkanes of at least 4 members (excludes halogenated alkanes) is 44. The summed E-state index contributed by atoms with van der Waals surface area (Å²) < 4.78 is 22.9. The highest BCUT2D eigenvalue weighted by Gasteiger charge is 2.22. The van der Waals surface area contributed by atoms with Gasteiger partial charge in [-0.3, -0.25) is 9.59 Å². The summed E-state index contributed by atoms with van der Waals surface area (Å²) >= 11 is 0. The number of quaternary nitrogens is 1. The third-order valence-corrected chi connectivity index (χ3v) is 16.9. The molecular weight excluding hydrogens is 1100 g/mol. The van der Waals surface area contributed by atoms with E-state index in [4.69, 9.17) is 18.9 Å².